The van der Waals surface area contributed by atoms with Crippen LogP contribution in [-0.2, 0) is 11.3 Å². The Morgan fingerprint density at radius 1 is 1.52 bits per heavy atom. The van der Waals surface area contributed by atoms with E-state index in [1.165, 1.54) is 23.7 Å². The average molecular weight is 333 g/mol. The minimum Gasteiger partial charge on any atom is -0.379 e. The molecule has 0 unspecified atom stereocenters. The summed E-state index contributed by atoms with van der Waals surface area (Å²) >= 11 is 1.47. The molecule has 122 valence electrons. The first kappa shape index (κ1) is 15.9. The van der Waals surface area contributed by atoms with Crippen molar-refractivity contribution in [2.24, 2.45) is 0 Å². The van der Waals surface area contributed by atoms with Crippen LogP contribution in [-0.4, -0.2) is 41.0 Å². The smallest absolute Gasteiger partial charge is 0.263 e. The van der Waals surface area contributed by atoms with Gasteiger partial charge in [-0.1, -0.05) is 0 Å². The van der Waals surface area contributed by atoms with Crippen LogP contribution >= 0.6 is 11.3 Å². The molecular weight excluding hydrogens is 314 g/mol. The monoisotopic (exact) mass is 333 g/mol. The fourth-order valence-electron chi connectivity index (χ4n) is 2.88. The maximum Gasteiger partial charge on any atom is 0.263 e. The number of amides is 1. The summed E-state index contributed by atoms with van der Waals surface area (Å²) < 4.78 is 5.10. The van der Waals surface area contributed by atoms with Gasteiger partial charge in [-0.2, -0.15) is 0 Å². The predicted octanol–water partition coefficient (Wildman–Crippen LogP) is 2.00. The number of thiophene rings is 1. The van der Waals surface area contributed by atoms with Crippen LogP contribution in [0.4, 0.5) is 0 Å². The molecule has 2 aromatic heterocycles. The van der Waals surface area contributed by atoms with Gasteiger partial charge in [0.25, 0.3) is 11.5 Å². The van der Waals surface area contributed by atoms with E-state index in [-0.39, 0.29) is 17.4 Å². The van der Waals surface area contributed by atoms with Crippen LogP contribution in [0, 0.1) is 0 Å². The highest BCUT2D eigenvalue weighted by molar-refractivity contribution is 7.14. The molecule has 1 fully saturated rings. The van der Waals surface area contributed by atoms with Crippen LogP contribution in [0.15, 0.2) is 29.3 Å². The highest BCUT2D eigenvalue weighted by Crippen LogP contribution is 2.27. The fraction of sp³-hybridized carbons (Fsp3) is 0.438. The van der Waals surface area contributed by atoms with Gasteiger partial charge in [-0.3, -0.25) is 9.59 Å². The van der Waals surface area contributed by atoms with E-state index in [0.717, 1.165) is 34.8 Å². The molecule has 1 aliphatic rings. The van der Waals surface area contributed by atoms with Crippen LogP contribution < -0.4 is 5.56 Å². The number of nitrogens with zero attached hydrogens (tertiary/aromatic N) is 2. The van der Waals surface area contributed by atoms with Crippen LogP contribution in [0.1, 0.15) is 39.0 Å². The summed E-state index contributed by atoms with van der Waals surface area (Å²) in [6.07, 6.45) is 3.29. The number of carbonyl (C=O) groups is 1. The first-order valence-electron chi connectivity index (χ1n) is 7.59. The molecule has 3 rings (SSSR count). The van der Waals surface area contributed by atoms with Gasteiger partial charge in [0, 0.05) is 37.1 Å². The first-order chi connectivity index (χ1) is 11.2. The van der Waals surface area contributed by atoms with Crippen LogP contribution in [0.5, 0.6) is 0 Å². The van der Waals surface area contributed by atoms with E-state index in [4.69, 9.17) is 4.74 Å². The van der Waals surface area contributed by atoms with Crippen LogP contribution in [0.2, 0.25) is 0 Å². The number of hydrogen-bond donors (Lipinski definition) is 1. The topological polar surface area (TPSA) is 75.3 Å². The summed E-state index contributed by atoms with van der Waals surface area (Å²) in [6, 6.07) is 5.32. The largest absolute Gasteiger partial charge is 0.379 e. The van der Waals surface area contributed by atoms with Gasteiger partial charge in [0.1, 0.15) is 0 Å². The molecule has 0 spiro atoms. The van der Waals surface area contributed by atoms with E-state index < -0.39 is 0 Å². The van der Waals surface area contributed by atoms with Gasteiger partial charge in [-0.05, 0) is 25.0 Å². The lowest BCUT2D eigenvalue weighted by Gasteiger charge is -2.32. The zero-order valence-electron chi connectivity index (χ0n) is 12.9. The third kappa shape index (κ3) is 3.68. The fourth-order valence-corrected chi connectivity index (χ4v) is 3.83. The second kappa shape index (κ2) is 7.06. The van der Waals surface area contributed by atoms with Crippen LogP contribution in [0.3, 0.4) is 0 Å². The molecule has 3 heterocycles. The van der Waals surface area contributed by atoms with Crippen molar-refractivity contribution in [1.29, 1.82) is 0 Å². The maximum atomic E-state index is 12.7. The van der Waals surface area contributed by atoms with E-state index in [1.54, 1.807) is 7.11 Å². The number of rotatable bonds is 4. The van der Waals surface area contributed by atoms with Crippen molar-refractivity contribution < 1.29 is 9.53 Å². The van der Waals surface area contributed by atoms with Crippen molar-refractivity contribution >= 4 is 17.2 Å². The van der Waals surface area contributed by atoms with Gasteiger partial charge in [-0.15, -0.1) is 11.3 Å². The zero-order chi connectivity index (χ0) is 16.2. The van der Waals surface area contributed by atoms with Crippen LogP contribution in [0.25, 0.3) is 0 Å². The first-order valence-corrected chi connectivity index (χ1v) is 8.40. The zero-order valence-corrected chi connectivity index (χ0v) is 13.8. The quantitative estimate of drug-likeness (QED) is 0.928. The molecule has 0 radical (unpaired) electrons. The molecular formula is C16H19N3O3S. The number of H-pyrrole nitrogens is 1. The molecule has 1 atom stereocenters. The second-order valence-electron chi connectivity index (χ2n) is 5.63. The number of likely N-dealkylation sites (tertiary alicyclic amines) is 1. The highest BCUT2D eigenvalue weighted by Gasteiger charge is 2.27. The lowest BCUT2D eigenvalue weighted by Crippen LogP contribution is -2.39. The summed E-state index contributed by atoms with van der Waals surface area (Å²) in [7, 11) is 1.64. The predicted molar refractivity (Wildman–Crippen MR) is 87.8 cm³/mol. The summed E-state index contributed by atoms with van der Waals surface area (Å²) in [6.45, 7) is 1.88. The molecule has 2 aromatic rings. The molecule has 0 aliphatic carbocycles. The Hall–Kier alpha value is -1.99. The van der Waals surface area contributed by atoms with E-state index in [2.05, 4.69) is 9.97 Å². The van der Waals surface area contributed by atoms with Gasteiger partial charge >= 0.3 is 0 Å². The van der Waals surface area contributed by atoms with E-state index in [1.807, 2.05) is 17.0 Å². The molecule has 0 saturated carbocycles. The third-order valence-corrected chi connectivity index (χ3v) is 5.03. The molecule has 0 aromatic carbocycles. The molecule has 23 heavy (non-hydrogen) atoms. The minimum atomic E-state index is -0.152. The maximum absolute atomic E-state index is 12.7. The lowest BCUT2D eigenvalue weighted by molar-refractivity contribution is 0.0711. The Kier molecular flexibility index (Phi) is 4.88. The summed E-state index contributed by atoms with van der Waals surface area (Å²) in [5, 5.41) is 0. The van der Waals surface area contributed by atoms with Gasteiger partial charge in [0.2, 0.25) is 0 Å². The highest BCUT2D eigenvalue weighted by atomic mass is 32.1. The van der Waals surface area contributed by atoms with E-state index >= 15 is 0 Å². The molecule has 1 aliphatic heterocycles. The number of aromatic nitrogens is 2. The third-order valence-electron chi connectivity index (χ3n) is 3.99. The number of nitrogens with one attached hydrogen (secondary N) is 1. The minimum absolute atomic E-state index is 0.0480. The van der Waals surface area contributed by atoms with Gasteiger partial charge in [-0.25, -0.2) is 4.98 Å². The number of aromatic amines is 1. The Morgan fingerprint density at radius 3 is 3.17 bits per heavy atom. The van der Waals surface area contributed by atoms with Gasteiger partial charge < -0.3 is 14.6 Å². The van der Waals surface area contributed by atoms with Crippen molar-refractivity contribution in [2.45, 2.75) is 25.4 Å². The van der Waals surface area contributed by atoms with Crippen molar-refractivity contribution in [3.8, 4) is 0 Å². The summed E-state index contributed by atoms with van der Waals surface area (Å²) in [5.41, 5.74) is 0.610. The van der Waals surface area contributed by atoms with Gasteiger partial charge in [0.15, 0.2) is 0 Å². The van der Waals surface area contributed by atoms with Gasteiger partial charge in [0.05, 0.1) is 23.5 Å². The number of piperidine rings is 1. The SMILES string of the molecule is COCc1ccc(C(=O)N2CCC[C@H](c3cc(=O)[nH]cn3)C2)s1. The average Bonchev–Trinajstić information content (AvgIpc) is 3.03. The number of methoxy groups -OCH3 is 1. The summed E-state index contributed by atoms with van der Waals surface area (Å²) in [4.78, 5) is 34.5. The number of hydrogen-bond acceptors (Lipinski definition) is 5. The number of ether oxygens (including phenoxy) is 1. The van der Waals surface area contributed by atoms with E-state index in [0.29, 0.717) is 13.2 Å². The molecule has 1 amide bonds. The second-order valence-corrected chi connectivity index (χ2v) is 6.79. The lowest BCUT2D eigenvalue weighted by atomic mass is 9.94. The number of carbonyl (C=O) groups excluding carboxylic acids is 1. The Bertz CT molecular complexity index is 740. The Balaban J connectivity index is 1.72. The van der Waals surface area contributed by atoms with Crippen molar-refractivity contribution in [3.63, 3.8) is 0 Å². The Labute approximate surface area is 138 Å². The molecule has 6 nitrogen and oxygen atoms in total. The normalized spacial score (nSPS) is 18.1. The molecule has 0 bridgehead atoms. The Morgan fingerprint density at radius 2 is 2.39 bits per heavy atom. The molecule has 1 N–H and O–H groups in total. The van der Waals surface area contributed by atoms with E-state index in [9.17, 15) is 9.59 Å². The van der Waals surface area contributed by atoms with Crippen molar-refractivity contribution in [3.05, 3.63) is 50.3 Å². The molecule has 1 saturated heterocycles. The summed E-state index contributed by atoms with van der Waals surface area (Å²) in [5.74, 6) is 0.167. The van der Waals surface area contributed by atoms with Crippen molar-refractivity contribution in [2.75, 3.05) is 20.2 Å². The standard InChI is InChI=1S/C16H19N3O3S/c1-22-9-12-4-5-14(23-12)16(21)19-6-2-3-11(8-19)13-7-15(20)18-10-17-13/h4-5,7,10-11H,2-3,6,8-9H2,1H3,(H,17,18,20)/t11-/m0/s1. The van der Waals surface area contributed by atoms with Crippen molar-refractivity contribution in [1.82, 2.24) is 14.9 Å². The molecule has 7 heteroatoms.